The van der Waals surface area contributed by atoms with Gasteiger partial charge in [-0.2, -0.15) is 0 Å². The van der Waals surface area contributed by atoms with Crippen LogP contribution in [0.4, 0.5) is 0 Å². The first-order valence-corrected chi connectivity index (χ1v) is 10.2. The summed E-state index contributed by atoms with van der Waals surface area (Å²) in [5.74, 6) is 0.930. The van der Waals surface area contributed by atoms with Crippen LogP contribution in [0.1, 0.15) is 37.6 Å². The van der Waals surface area contributed by atoms with Crippen molar-refractivity contribution in [2.24, 2.45) is 4.99 Å². The van der Waals surface area contributed by atoms with Crippen LogP contribution >= 0.6 is 11.3 Å². The number of ether oxygens (including phenoxy) is 1. The number of rotatable bonds is 6. The van der Waals surface area contributed by atoms with Gasteiger partial charge in [-0.25, -0.2) is 0 Å². The van der Waals surface area contributed by atoms with E-state index in [2.05, 4.69) is 59.0 Å². The predicted molar refractivity (Wildman–Crippen MR) is 105 cm³/mol. The second-order valence-electron chi connectivity index (χ2n) is 6.71. The molecule has 1 aliphatic carbocycles. The lowest BCUT2D eigenvalue weighted by Crippen LogP contribution is -2.45. The van der Waals surface area contributed by atoms with Gasteiger partial charge in [0.05, 0.1) is 25.3 Å². The number of morpholine rings is 1. The average Bonchev–Trinajstić information content (AvgIpc) is 3.29. The lowest BCUT2D eigenvalue weighted by molar-refractivity contribution is -0.0327. The molecule has 0 radical (unpaired) electrons. The number of nitrogens with zero attached hydrogens (tertiary/aromatic N) is 2. The van der Waals surface area contributed by atoms with Gasteiger partial charge < -0.3 is 15.4 Å². The minimum Gasteiger partial charge on any atom is -0.376 e. The first kappa shape index (κ1) is 18.4. The molecule has 1 saturated heterocycles. The van der Waals surface area contributed by atoms with Gasteiger partial charge in [0.1, 0.15) is 0 Å². The van der Waals surface area contributed by atoms with Gasteiger partial charge in [-0.1, -0.05) is 18.2 Å². The largest absolute Gasteiger partial charge is 0.376 e. The highest BCUT2D eigenvalue weighted by Crippen LogP contribution is 2.27. The summed E-state index contributed by atoms with van der Waals surface area (Å²) in [6.45, 7) is 8.66. The number of aliphatic imine (C=N–C) groups is 1. The summed E-state index contributed by atoms with van der Waals surface area (Å²) < 4.78 is 5.72. The fourth-order valence-electron chi connectivity index (χ4n) is 3.42. The minimum atomic E-state index is 0.288. The summed E-state index contributed by atoms with van der Waals surface area (Å²) in [4.78, 5) is 8.83. The van der Waals surface area contributed by atoms with Crippen molar-refractivity contribution in [2.45, 2.75) is 44.9 Å². The third-order valence-electron chi connectivity index (χ3n) is 4.70. The van der Waals surface area contributed by atoms with Gasteiger partial charge in [0.2, 0.25) is 0 Å². The Bertz CT molecular complexity index is 564. The summed E-state index contributed by atoms with van der Waals surface area (Å²) in [5, 5.41) is 9.12. The van der Waals surface area contributed by atoms with Crippen LogP contribution in [0.25, 0.3) is 0 Å². The quantitative estimate of drug-likeness (QED) is 0.464. The fourth-order valence-corrected chi connectivity index (χ4v) is 4.27. The van der Waals surface area contributed by atoms with E-state index in [1.165, 1.54) is 4.88 Å². The second kappa shape index (κ2) is 9.36. The molecule has 138 valence electrons. The third kappa shape index (κ3) is 5.30. The van der Waals surface area contributed by atoms with Crippen molar-refractivity contribution in [3.8, 4) is 0 Å². The maximum atomic E-state index is 5.72. The van der Waals surface area contributed by atoms with Gasteiger partial charge in [-0.15, -0.1) is 11.3 Å². The monoisotopic (exact) mass is 362 g/mol. The van der Waals surface area contributed by atoms with Crippen molar-refractivity contribution >= 4 is 17.3 Å². The molecule has 1 fully saturated rings. The molecule has 25 heavy (non-hydrogen) atoms. The molecule has 0 spiro atoms. The molecule has 1 aromatic rings. The molecule has 1 aliphatic heterocycles. The normalized spacial score (nSPS) is 23.8. The lowest BCUT2D eigenvalue weighted by atomic mass is 10.1. The first-order chi connectivity index (χ1) is 12.3. The van der Waals surface area contributed by atoms with Crippen LogP contribution in [-0.4, -0.2) is 55.8 Å². The average molecular weight is 363 g/mol. The molecular formula is C19H30N4OS. The highest BCUT2D eigenvalue weighted by molar-refractivity contribution is 7.10. The van der Waals surface area contributed by atoms with Crippen LogP contribution < -0.4 is 10.6 Å². The summed E-state index contributed by atoms with van der Waals surface area (Å²) in [6.07, 6.45) is 6.94. The highest BCUT2D eigenvalue weighted by atomic mass is 32.1. The van der Waals surface area contributed by atoms with Crippen molar-refractivity contribution in [1.82, 2.24) is 15.5 Å². The molecule has 0 bridgehead atoms. The van der Waals surface area contributed by atoms with Crippen molar-refractivity contribution in [2.75, 3.05) is 32.8 Å². The van der Waals surface area contributed by atoms with Gasteiger partial charge in [0.15, 0.2) is 5.96 Å². The number of hydrogen-bond acceptors (Lipinski definition) is 4. The molecule has 2 atom stereocenters. The molecule has 3 rings (SSSR count). The molecule has 0 amide bonds. The standard InChI is InChI=1S/C19H30N4OS/c1-3-20-19(22-16-7-4-5-8-16)21-13-17(18-9-6-12-25-18)23-10-11-24-15(2)14-23/h4-6,9,12,15-17H,3,7-8,10-11,13-14H2,1-2H3,(H2,20,21,22). The smallest absolute Gasteiger partial charge is 0.191 e. The Hall–Kier alpha value is -1.37. The minimum absolute atomic E-state index is 0.288. The van der Waals surface area contributed by atoms with E-state index in [9.17, 15) is 0 Å². The molecule has 0 aromatic carbocycles. The van der Waals surface area contributed by atoms with Crippen LogP contribution in [0.3, 0.4) is 0 Å². The topological polar surface area (TPSA) is 48.9 Å². The Morgan fingerprint density at radius 1 is 1.44 bits per heavy atom. The van der Waals surface area contributed by atoms with E-state index in [1.54, 1.807) is 0 Å². The second-order valence-corrected chi connectivity index (χ2v) is 7.69. The van der Waals surface area contributed by atoms with Gasteiger partial charge in [-0.3, -0.25) is 9.89 Å². The Balaban J connectivity index is 1.69. The van der Waals surface area contributed by atoms with Crippen molar-refractivity contribution in [1.29, 1.82) is 0 Å². The Morgan fingerprint density at radius 2 is 2.28 bits per heavy atom. The summed E-state index contributed by atoms with van der Waals surface area (Å²) in [5.41, 5.74) is 0. The maximum Gasteiger partial charge on any atom is 0.191 e. The Labute approximate surface area is 155 Å². The van der Waals surface area contributed by atoms with Crippen molar-refractivity contribution in [3.05, 3.63) is 34.5 Å². The van der Waals surface area contributed by atoms with Crippen LogP contribution in [0, 0.1) is 0 Å². The van der Waals surface area contributed by atoms with Crippen LogP contribution in [-0.2, 0) is 4.74 Å². The summed E-state index contributed by atoms with van der Waals surface area (Å²) in [7, 11) is 0. The van der Waals surface area contributed by atoms with Gasteiger partial charge in [0, 0.05) is 30.6 Å². The van der Waals surface area contributed by atoms with Gasteiger partial charge >= 0.3 is 0 Å². The molecule has 0 saturated carbocycles. The summed E-state index contributed by atoms with van der Waals surface area (Å²) in [6, 6.07) is 5.16. The number of hydrogen-bond donors (Lipinski definition) is 2. The fraction of sp³-hybridized carbons (Fsp3) is 0.632. The van der Waals surface area contributed by atoms with Crippen molar-refractivity contribution < 1.29 is 4.74 Å². The zero-order valence-corrected chi connectivity index (χ0v) is 16.1. The van der Waals surface area contributed by atoms with E-state index in [1.807, 2.05) is 11.3 Å². The van der Waals surface area contributed by atoms with Gasteiger partial charge in [0.25, 0.3) is 0 Å². The first-order valence-electron chi connectivity index (χ1n) is 9.35. The van der Waals surface area contributed by atoms with Crippen LogP contribution in [0.15, 0.2) is 34.7 Å². The van der Waals surface area contributed by atoms with Crippen LogP contribution in [0.5, 0.6) is 0 Å². The summed E-state index contributed by atoms with van der Waals surface area (Å²) >= 11 is 1.82. The molecule has 2 heterocycles. The number of thiophene rings is 1. The number of nitrogens with one attached hydrogen (secondary N) is 2. The molecule has 2 N–H and O–H groups in total. The van der Waals surface area contributed by atoms with E-state index >= 15 is 0 Å². The zero-order chi connectivity index (χ0) is 17.5. The molecule has 2 unspecified atom stereocenters. The van der Waals surface area contributed by atoms with E-state index in [-0.39, 0.29) is 6.10 Å². The highest BCUT2D eigenvalue weighted by Gasteiger charge is 2.26. The zero-order valence-electron chi connectivity index (χ0n) is 15.3. The molecule has 1 aromatic heterocycles. The van der Waals surface area contributed by atoms with E-state index < -0.39 is 0 Å². The van der Waals surface area contributed by atoms with Gasteiger partial charge in [-0.05, 0) is 38.1 Å². The SMILES string of the molecule is CCNC(=NCC(c1cccs1)N1CCOC(C)C1)NC1CC=CC1. The maximum absolute atomic E-state index is 5.72. The Morgan fingerprint density at radius 3 is 2.96 bits per heavy atom. The third-order valence-corrected chi connectivity index (χ3v) is 5.67. The van der Waals surface area contributed by atoms with E-state index in [0.29, 0.717) is 12.1 Å². The molecule has 2 aliphatic rings. The molecular weight excluding hydrogens is 332 g/mol. The van der Waals surface area contributed by atoms with E-state index in [0.717, 1.165) is 51.6 Å². The number of guanidine groups is 1. The Kier molecular flexibility index (Phi) is 6.90. The molecule has 5 nitrogen and oxygen atoms in total. The van der Waals surface area contributed by atoms with Crippen LogP contribution in [0.2, 0.25) is 0 Å². The van der Waals surface area contributed by atoms with Crippen molar-refractivity contribution in [3.63, 3.8) is 0 Å². The predicted octanol–water partition coefficient (Wildman–Crippen LogP) is 2.78. The lowest BCUT2D eigenvalue weighted by Gasteiger charge is -2.36. The molecule has 6 heteroatoms. The van der Waals surface area contributed by atoms with E-state index in [4.69, 9.17) is 9.73 Å².